The third kappa shape index (κ3) is 3.78. The molecule has 3 fully saturated rings. The summed E-state index contributed by atoms with van der Waals surface area (Å²) in [5, 5.41) is 14.1. The summed E-state index contributed by atoms with van der Waals surface area (Å²) in [7, 11) is 1.60. The molecule has 5 heterocycles. The van der Waals surface area contributed by atoms with E-state index < -0.39 is 0 Å². The Morgan fingerprint density at radius 3 is 2.71 bits per heavy atom. The van der Waals surface area contributed by atoms with Crippen LogP contribution in [0.15, 0.2) is 30.3 Å². The molecule has 3 aromatic rings. The summed E-state index contributed by atoms with van der Waals surface area (Å²) >= 11 is 0. The Kier molecular flexibility index (Phi) is 5.78. The van der Waals surface area contributed by atoms with Gasteiger partial charge >= 0.3 is 0 Å². The first-order chi connectivity index (χ1) is 16.7. The minimum absolute atomic E-state index is 0.104. The predicted molar refractivity (Wildman–Crippen MR) is 127 cm³/mol. The fourth-order valence-electron chi connectivity index (χ4n) is 5.30. The van der Waals surface area contributed by atoms with Crippen LogP contribution in [-0.4, -0.2) is 72.2 Å². The van der Waals surface area contributed by atoms with E-state index in [1.807, 2.05) is 30.3 Å². The monoisotopic (exact) mass is 463 g/mol. The van der Waals surface area contributed by atoms with E-state index in [1.165, 1.54) is 0 Å². The predicted octanol–water partition coefficient (Wildman–Crippen LogP) is 2.22. The van der Waals surface area contributed by atoms with E-state index in [0.29, 0.717) is 55.8 Å². The van der Waals surface area contributed by atoms with Crippen LogP contribution in [-0.2, 0) is 16.1 Å². The van der Waals surface area contributed by atoms with Gasteiger partial charge in [0.15, 0.2) is 5.65 Å². The largest absolute Gasteiger partial charge is 0.496 e. The number of aromatic nitrogens is 3. The molecule has 3 aliphatic heterocycles. The number of nitrogens with one attached hydrogen (secondary N) is 1. The van der Waals surface area contributed by atoms with E-state index in [9.17, 15) is 5.11 Å². The summed E-state index contributed by atoms with van der Waals surface area (Å²) in [5.74, 6) is 1.37. The molecule has 3 aliphatic rings. The number of hydrogen-bond acceptors (Lipinski definition) is 9. The number of nitrogens with zero attached hydrogens (tertiary/aromatic N) is 4. The molecule has 2 N–H and O–H groups in total. The van der Waals surface area contributed by atoms with E-state index >= 15 is 0 Å². The van der Waals surface area contributed by atoms with Gasteiger partial charge in [-0.25, -0.2) is 9.97 Å². The molecule has 0 spiro atoms. The smallest absolute Gasteiger partial charge is 0.228 e. The average Bonchev–Trinajstić information content (AvgIpc) is 3.15. The second kappa shape index (κ2) is 9.07. The van der Waals surface area contributed by atoms with Gasteiger partial charge in [0.1, 0.15) is 11.9 Å². The lowest BCUT2D eigenvalue weighted by Crippen LogP contribution is -2.47. The fraction of sp³-hybridized carbons (Fsp3) is 0.480. The highest BCUT2D eigenvalue weighted by Crippen LogP contribution is 2.35. The Balaban J connectivity index is 1.47. The van der Waals surface area contributed by atoms with E-state index in [1.54, 1.807) is 7.11 Å². The van der Waals surface area contributed by atoms with Crippen LogP contribution in [0.4, 0.5) is 5.95 Å². The molecular weight excluding hydrogens is 434 g/mol. The number of fused-ring (bicyclic) bond motifs is 3. The topological polar surface area (TPSA) is 102 Å². The molecule has 3 saturated heterocycles. The standard InChI is InChI=1S/C25H29N5O4/c1-32-21-7-2-15(10-16(21)12-31)20-6-5-19-23(22-11-26-8-9-34-22)28-25(29-24(19)27-20)30-17-3-4-18(30)14-33-13-17/h2,5-7,10,17-18,22,26,31H,3-4,8-9,11-14H2,1H3/t17-,18+,22?. The highest BCUT2D eigenvalue weighted by molar-refractivity contribution is 5.82. The second-order valence-corrected chi connectivity index (χ2v) is 9.05. The number of benzene rings is 1. The Morgan fingerprint density at radius 1 is 1.12 bits per heavy atom. The van der Waals surface area contributed by atoms with Crippen LogP contribution in [0.5, 0.6) is 5.75 Å². The molecule has 1 unspecified atom stereocenters. The van der Waals surface area contributed by atoms with Crippen molar-refractivity contribution in [1.82, 2.24) is 20.3 Å². The van der Waals surface area contributed by atoms with E-state index in [4.69, 9.17) is 29.2 Å². The third-order valence-corrected chi connectivity index (χ3v) is 7.03. The molecule has 6 rings (SSSR count). The molecule has 9 heteroatoms. The van der Waals surface area contributed by atoms with Gasteiger partial charge in [0.25, 0.3) is 0 Å². The summed E-state index contributed by atoms with van der Waals surface area (Å²) in [4.78, 5) is 17.3. The molecule has 1 aromatic carbocycles. The van der Waals surface area contributed by atoms with E-state index in [-0.39, 0.29) is 12.7 Å². The summed E-state index contributed by atoms with van der Waals surface area (Å²) in [6, 6.07) is 10.3. The van der Waals surface area contributed by atoms with Gasteiger partial charge < -0.3 is 29.5 Å². The Hall–Kier alpha value is -2.85. The van der Waals surface area contributed by atoms with Crippen LogP contribution in [0, 0.1) is 0 Å². The number of aliphatic hydroxyl groups excluding tert-OH is 1. The molecule has 34 heavy (non-hydrogen) atoms. The molecular formula is C25H29N5O4. The first-order valence-electron chi connectivity index (χ1n) is 11.9. The molecule has 2 bridgehead atoms. The van der Waals surface area contributed by atoms with Gasteiger partial charge in [0.05, 0.1) is 57.0 Å². The van der Waals surface area contributed by atoms with Gasteiger partial charge in [0, 0.05) is 29.6 Å². The van der Waals surface area contributed by atoms with Crippen LogP contribution in [0.1, 0.15) is 30.2 Å². The molecule has 178 valence electrons. The molecule has 3 atom stereocenters. The lowest BCUT2D eigenvalue weighted by atomic mass is 10.1. The number of aliphatic hydroxyl groups is 1. The molecule has 9 nitrogen and oxygen atoms in total. The van der Waals surface area contributed by atoms with Crippen molar-refractivity contribution in [1.29, 1.82) is 0 Å². The first kappa shape index (κ1) is 21.7. The van der Waals surface area contributed by atoms with Crippen molar-refractivity contribution in [2.45, 2.75) is 37.6 Å². The van der Waals surface area contributed by atoms with Crippen LogP contribution < -0.4 is 15.0 Å². The number of pyridine rings is 1. The number of hydrogen-bond donors (Lipinski definition) is 2. The summed E-state index contributed by atoms with van der Waals surface area (Å²) in [6.07, 6.45) is 2.03. The summed E-state index contributed by atoms with van der Waals surface area (Å²) < 4.78 is 17.2. The SMILES string of the molecule is COc1ccc(-c2ccc3c(C4CNCCO4)nc(N4[C@@H]5CC[C@H]4COC5)nc3n2)cc1CO. The average molecular weight is 464 g/mol. The van der Waals surface area contributed by atoms with Crippen molar-refractivity contribution in [2.75, 3.05) is 44.9 Å². The van der Waals surface area contributed by atoms with Gasteiger partial charge in [-0.2, -0.15) is 4.98 Å². The van der Waals surface area contributed by atoms with Crippen molar-refractivity contribution in [3.05, 3.63) is 41.6 Å². The number of ether oxygens (including phenoxy) is 3. The number of rotatable bonds is 5. The zero-order valence-electron chi connectivity index (χ0n) is 19.2. The highest BCUT2D eigenvalue weighted by atomic mass is 16.5. The van der Waals surface area contributed by atoms with Gasteiger partial charge in [-0.3, -0.25) is 0 Å². The lowest BCUT2D eigenvalue weighted by Gasteiger charge is -2.35. The zero-order valence-corrected chi connectivity index (χ0v) is 19.2. The highest BCUT2D eigenvalue weighted by Gasteiger charge is 2.39. The minimum Gasteiger partial charge on any atom is -0.496 e. The number of anilines is 1. The Bertz CT molecular complexity index is 1180. The maximum atomic E-state index is 9.75. The van der Waals surface area contributed by atoms with Crippen LogP contribution in [0.2, 0.25) is 0 Å². The summed E-state index contributed by atoms with van der Waals surface area (Å²) in [5.41, 5.74) is 3.93. The maximum Gasteiger partial charge on any atom is 0.228 e. The molecule has 2 aromatic heterocycles. The van der Waals surface area contributed by atoms with Crippen molar-refractivity contribution in [3.63, 3.8) is 0 Å². The van der Waals surface area contributed by atoms with Gasteiger partial charge in [-0.05, 0) is 43.2 Å². The Labute approximate surface area is 198 Å². The molecule has 0 amide bonds. The first-order valence-corrected chi connectivity index (χ1v) is 11.9. The second-order valence-electron chi connectivity index (χ2n) is 9.05. The number of morpholine rings is 2. The minimum atomic E-state index is -0.147. The van der Waals surface area contributed by atoms with Gasteiger partial charge in [-0.1, -0.05) is 0 Å². The normalized spacial score (nSPS) is 24.5. The van der Waals surface area contributed by atoms with E-state index in [0.717, 1.165) is 47.3 Å². The lowest BCUT2D eigenvalue weighted by molar-refractivity contribution is 0.0259. The molecule has 0 aliphatic carbocycles. The molecule has 0 radical (unpaired) electrons. The van der Waals surface area contributed by atoms with Gasteiger partial charge in [0.2, 0.25) is 5.95 Å². The van der Waals surface area contributed by atoms with Crippen molar-refractivity contribution >= 4 is 17.0 Å². The van der Waals surface area contributed by atoms with Crippen LogP contribution in [0.3, 0.4) is 0 Å². The van der Waals surface area contributed by atoms with Crippen LogP contribution >= 0.6 is 0 Å². The van der Waals surface area contributed by atoms with Crippen molar-refractivity contribution in [3.8, 4) is 17.0 Å². The van der Waals surface area contributed by atoms with Gasteiger partial charge in [-0.15, -0.1) is 0 Å². The third-order valence-electron chi connectivity index (χ3n) is 7.03. The van der Waals surface area contributed by atoms with E-state index in [2.05, 4.69) is 10.2 Å². The number of methoxy groups -OCH3 is 1. The van der Waals surface area contributed by atoms with Crippen molar-refractivity contribution in [2.24, 2.45) is 0 Å². The Morgan fingerprint density at radius 2 is 1.97 bits per heavy atom. The van der Waals surface area contributed by atoms with Crippen molar-refractivity contribution < 1.29 is 19.3 Å². The maximum absolute atomic E-state index is 9.75. The quantitative estimate of drug-likeness (QED) is 0.590. The zero-order chi connectivity index (χ0) is 23.1. The van der Waals surface area contributed by atoms with Crippen LogP contribution in [0.25, 0.3) is 22.3 Å². The summed E-state index contributed by atoms with van der Waals surface area (Å²) in [6.45, 7) is 3.51. The molecule has 0 saturated carbocycles. The fourth-order valence-corrected chi connectivity index (χ4v) is 5.30.